The van der Waals surface area contributed by atoms with Crippen molar-refractivity contribution in [1.29, 1.82) is 0 Å². The standard InChI is InChI=1S/C13H12O3S.C8H11S/c14-17(15,16)13-8-6-12(7-9-13)10-11-4-2-1-3-5-11;1-9(2)8-6-4-3-5-7-8/h1-9H,10H2,(H,14,15,16);3-7H,1-2H3/q;+1/p-1. The molecule has 0 heterocycles. The molecule has 0 spiro atoms. The number of hydrogen-bond donors (Lipinski definition) is 0. The lowest BCUT2D eigenvalue weighted by molar-refractivity contribution is 0.463. The minimum atomic E-state index is -4.34. The van der Waals surface area contributed by atoms with Crippen LogP contribution in [-0.4, -0.2) is 25.5 Å². The van der Waals surface area contributed by atoms with Crippen molar-refractivity contribution in [2.24, 2.45) is 0 Å². The first-order valence-electron chi connectivity index (χ1n) is 8.07. The van der Waals surface area contributed by atoms with Crippen LogP contribution >= 0.6 is 0 Å². The first-order valence-corrected chi connectivity index (χ1v) is 11.5. The highest BCUT2D eigenvalue weighted by molar-refractivity contribution is 7.95. The van der Waals surface area contributed by atoms with Crippen LogP contribution in [0.1, 0.15) is 11.1 Å². The van der Waals surface area contributed by atoms with Gasteiger partial charge in [-0.2, -0.15) is 0 Å². The molecule has 136 valence electrons. The van der Waals surface area contributed by atoms with Crippen molar-refractivity contribution in [3.05, 3.63) is 96.1 Å². The van der Waals surface area contributed by atoms with Crippen molar-refractivity contribution < 1.29 is 13.0 Å². The molecule has 0 amide bonds. The van der Waals surface area contributed by atoms with Crippen molar-refractivity contribution >= 4 is 21.0 Å². The van der Waals surface area contributed by atoms with E-state index < -0.39 is 10.1 Å². The molecular formula is C21H22O3S2. The Labute approximate surface area is 158 Å². The van der Waals surface area contributed by atoms with Crippen LogP contribution < -0.4 is 0 Å². The van der Waals surface area contributed by atoms with Gasteiger partial charge in [0.15, 0.2) is 4.90 Å². The zero-order chi connectivity index (χ0) is 19.0. The minimum absolute atomic E-state index is 0.186. The normalized spacial score (nSPS) is 10.9. The molecule has 3 aromatic carbocycles. The second kappa shape index (κ2) is 9.57. The summed E-state index contributed by atoms with van der Waals surface area (Å²) in [6.45, 7) is 0. The van der Waals surface area contributed by atoms with Crippen molar-refractivity contribution in [3.63, 3.8) is 0 Å². The molecule has 0 fully saturated rings. The Balaban J connectivity index is 0.000000228. The van der Waals surface area contributed by atoms with Gasteiger partial charge in [0.2, 0.25) is 0 Å². The van der Waals surface area contributed by atoms with Gasteiger partial charge in [0.05, 0.1) is 4.90 Å². The van der Waals surface area contributed by atoms with Gasteiger partial charge in [0.25, 0.3) is 0 Å². The van der Waals surface area contributed by atoms with Crippen LogP contribution in [-0.2, 0) is 27.4 Å². The molecule has 0 unspecified atom stereocenters. The second-order valence-corrected chi connectivity index (χ2v) is 9.37. The number of benzene rings is 3. The highest BCUT2D eigenvalue weighted by atomic mass is 32.2. The van der Waals surface area contributed by atoms with E-state index in [0.717, 1.165) is 17.5 Å². The van der Waals surface area contributed by atoms with Gasteiger partial charge in [-0.15, -0.1) is 0 Å². The fourth-order valence-electron chi connectivity index (χ4n) is 2.30. The fourth-order valence-corrected chi connectivity index (χ4v) is 3.47. The summed E-state index contributed by atoms with van der Waals surface area (Å²) >= 11 is 0. The molecule has 0 aliphatic carbocycles. The molecule has 3 rings (SSSR count). The lowest BCUT2D eigenvalue weighted by Gasteiger charge is -2.07. The van der Waals surface area contributed by atoms with E-state index in [1.807, 2.05) is 30.3 Å². The fraction of sp³-hybridized carbons (Fsp3) is 0.143. The number of hydrogen-bond acceptors (Lipinski definition) is 3. The van der Waals surface area contributed by atoms with E-state index in [9.17, 15) is 13.0 Å². The van der Waals surface area contributed by atoms with E-state index in [-0.39, 0.29) is 4.90 Å². The molecule has 0 radical (unpaired) electrons. The third kappa shape index (κ3) is 6.67. The van der Waals surface area contributed by atoms with Crippen LogP contribution in [0.5, 0.6) is 0 Å². The van der Waals surface area contributed by atoms with E-state index in [4.69, 9.17) is 0 Å². The molecule has 5 heteroatoms. The van der Waals surface area contributed by atoms with Crippen LogP contribution in [0.4, 0.5) is 0 Å². The average molecular weight is 387 g/mol. The number of rotatable bonds is 4. The Morgan fingerprint density at radius 3 is 1.62 bits per heavy atom. The van der Waals surface area contributed by atoms with Crippen molar-refractivity contribution in [2.75, 3.05) is 12.5 Å². The first-order chi connectivity index (χ1) is 12.4. The van der Waals surface area contributed by atoms with Crippen LogP contribution in [0.25, 0.3) is 0 Å². The van der Waals surface area contributed by atoms with E-state index in [1.165, 1.54) is 17.0 Å². The quantitative estimate of drug-likeness (QED) is 0.501. The predicted octanol–water partition coefficient (Wildman–Crippen LogP) is 4.10. The average Bonchev–Trinajstić information content (AvgIpc) is 2.63. The van der Waals surface area contributed by atoms with Crippen LogP contribution in [0, 0.1) is 0 Å². The molecule has 26 heavy (non-hydrogen) atoms. The summed E-state index contributed by atoms with van der Waals surface area (Å²) < 4.78 is 32.2. The molecule has 0 N–H and O–H groups in total. The Bertz CT molecular complexity index is 889. The van der Waals surface area contributed by atoms with Crippen LogP contribution in [0.15, 0.2) is 94.7 Å². The van der Waals surface area contributed by atoms with Gasteiger partial charge >= 0.3 is 0 Å². The maximum atomic E-state index is 10.7. The zero-order valence-electron chi connectivity index (χ0n) is 14.8. The monoisotopic (exact) mass is 386 g/mol. The van der Waals surface area contributed by atoms with Crippen molar-refractivity contribution in [2.45, 2.75) is 16.2 Å². The van der Waals surface area contributed by atoms with Gasteiger partial charge in [0.1, 0.15) is 22.6 Å². The van der Waals surface area contributed by atoms with Gasteiger partial charge < -0.3 is 4.55 Å². The molecule has 0 aliphatic rings. The lowest BCUT2D eigenvalue weighted by Crippen LogP contribution is -1.98. The third-order valence-corrected chi connectivity index (χ3v) is 5.74. The highest BCUT2D eigenvalue weighted by Crippen LogP contribution is 2.13. The molecule has 0 aliphatic heterocycles. The van der Waals surface area contributed by atoms with E-state index in [0.29, 0.717) is 10.9 Å². The van der Waals surface area contributed by atoms with Gasteiger partial charge in [-0.1, -0.05) is 60.7 Å². The molecule has 3 nitrogen and oxygen atoms in total. The smallest absolute Gasteiger partial charge is 0.154 e. The van der Waals surface area contributed by atoms with Gasteiger partial charge in [-0.25, -0.2) is 8.42 Å². The van der Waals surface area contributed by atoms with Gasteiger partial charge in [-0.05, 0) is 41.8 Å². The maximum Gasteiger partial charge on any atom is 0.154 e. The summed E-state index contributed by atoms with van der Waals surface area (Å²) in [6.07, 6.45) is 5.19. The minimum Gasteiger partial charge on any atom is -0.744 e. The molecule has 0 saturated carbocycles. The van der Waals surface area contributed by atoms with Crippen molar-refractivity contribution in [3.8, 4) is 0 Å². The predicted molar refractivity (Wildman–Crippen MR) is 108 cm³/mol. The lowest BCUT2D eigenvalue weighted by atomic mass is 10.1. The molecule has 0 bridgehead atoms. The van der Waals surface area contributed by atoms with E-state index in [2.05, 4.69) is 42.8 Å². The first kappa shape index (κ1) is 20.2. The summed E-state index contributed by atoms with van der Waals surface area (Å²) in [4.78, 5) is 1.26. The van der Waals surface area contributed by atoms with E-state index in [1.54, 1.807) is 12.1 Å². The molecule has 0 aromatic heterocycles. The molecular weight excluding hydrogens is 364 g/mol. The SMILES string of the molecule is C[S+](C)c1ccccc1.O=S(=O)([O-])c1ccc(Cc2ccccc2)cc1. The molecule has 0 saturated heterocycles. The van der Waals surface area contributed by atoms with Crippen LogP contribution in [0.2, 0.25) is 0 Å². The molecule has 0 atom stereocenters. The van der Waals surface area contributed by atoms with E-state index >= 15 is 0 Å². The van der Waals surface area contributed by atoms with Gasteiger partial charge in [0, 0.05) is 10.9 Å². The summed E-state index contributed by atoms with van der Waals surface area (Å²) in [6, 6.07) is 26.4. The van der Waals surface area contributed by atoms with Gasteiger partial charge in [-0.3, -0.25) is 0 Å². The summed E-state index contributed by atoms with van der Waals surface area (Å²) in [7, 11) is -3.92. The Morgan fingerprint density at radius 1 is 0.731 bits per heavy atom. The largest absolute Gasteiger partial charge is 0.744 e. The highest BCUT2D eigenvalue weighted by Gasteiger charge is 2.04. The second-order valence-electron chi connectivity index (χ2n) is 5.89. The maximum absolute atomic E-state index is 10.7. The van der Waals surface area contributed by atoms with Crippen LogP contribution in [0.3, 0.4) is 0 Å². The summed E-state index contributed by atoms with van der Waals surface area (Å²) in [5.74, 6) is 0. The summed E-state index contributed by atoms with van der Waals surface area (Å²) in [5.41, 5.74) is 2.12. The Morgan fingerprint density at radius 2 is 1.19 bits per heavy atom. The topological polar surface area (TPSA) is 57.2 Å². The summed E-state index contributed by atoms with van der Waals surface area (Å²) in [5, 5.41) is 0. The Hall–Kier alpha value is -2.08. The third-order valence-electron chi connectivity index (χ3n) is 3.68. The molecule has 3 aromatic rings. The van der Waals surface area contributed by atoms with Crippen molar-refractivity contribution in [1.82, 2.24) is 0 Å². The Kier molecular flexibility index (Phi) is 7.45. The zero-order valence-corrected chi connectivity index (χ0v) is 16.5.